The number of rotatable bonds is 1. The van der Waals surface area contributed by atoms with Gasteiger partial charge in [0, 0.05) is 18.7 Å². The van der Waals surface area contributed by atoms with Gasteiger partial charge < -0.3 is 4.90 Å². The monoisotopic (exact) mass is 251 g/mol. The smallest absolute Gasteiger partial charge is 0.266 e. The maximum absolute atomic E-state index is 13.0. The lowest BCUT2D eigenvalue weighted by atomic mass is 10.3. The molecular weight excluding hydrogens is 243 g/mol. The fraction of sp³-hybridized carbons (Fsp3) is 0.400. The Morgan fingerprint density at radius 2 is 1.93 bits per heavy atom. The lowest BCUT2D eigenvalue weighted by Crippen LogP contribution is -2.24. The normalized spacial score (nSPS) is 19.6. The van der Waals surface area contributed by atoms with Gasteiger partial charge in [0.2, 0.25) is 0 Å². The van der Waals surface area contributed by atoms with Crippen LogP contribution in [0, 0.1) is 0 Å². The van der Waals surface area contributed by atoms with E-state index in [1.165, 1.54) is 0 Å². The van der Waals surface area contributed by atoms with Crippen molar-refractivity contribution in [1.82, 2.24) is 0 Å². The van der Waals surface area contributed by atoms with Crippen LogP contribution in [0.1, 0.15) is 6.42 Å². The molecular formula is C10H9Cl2F2N. The van der Waals surface area contributed by atoms with Gasteiger partial charge in [-0.15, -0.1) is 0 Å². The molecule has 0 amide bonds. The van der Waals surface area contributed by atoms with Gasteiger partial charge in [0.1, 0.15) is 0 Å². The van der Waals surface area contributed by atoms with Crippen molar-refractivity contribution in [1.29, 1.82) is 0 Å². The minimum Gasteiger partial charge on any atom is -0.365 e. The quantitative estimate of drug-likeness (QED) is 0.733. The lowest BCUT2D eigenvalue weighted by Gasteiger charge is -2.18. The first-order valence-corrected chi connectivity index (χ1v) is 5.31. The molecule has 5 heteroatoms. The first-order valence-electron chi connectivity index (χ1n) is 4.56. The van der Waals surface area contributed by atoms with Crippen LogP contribution >= 0.6 is 23.2 Å². The highest BCUT2D eigenvalue weighted by Crippen LogP contribution is 2.33. The molecule has 1 aromatic carbocycles. The SMILES string of the molecule is FC1(F)CCN(c2ccc(Cl)c(Cl)c2)C1. The summed E-state index contributed by atoms with van der Waals surface area (Å²) < 4.78 is 25.9. The summed E-state index contributed by atoms with van der Waals surface area (Å²) in [7, 11) is 0. The summed E-state index contributed by atoms with van der Waals surface area (Å²) in [4.78, 5) is 1.61. The minimum atomic E-state index is -2.59. The Morgan fingerprint density at radius 3 is 2.47 bits per heavy atom. The molecule has 82 valence electrons. The standard InChI is InChI=1S/C10H9Cl2F2N/c11-8-2-1-7(5-9(8)12)15-4-3-10(13,14)6-15/h1-2,5H,3-4,6H2. The highest BCUT2D eigenvalue weighted by molar-refractivity contribution is 6.42. The molecule has 1 saturated heterocycles. The van der Waals surface area contributed by atoms with Gasteiger partial charge >= 0.3 is 0 Å². The van der Waals surface area contributed by atoms with E-state index in [9.17, 15) is 8.78 Å². The summed E-state index contributed by atoms with van der Waals surface area (Å²) in [5.74, 6) is -2.59. The Hall–Kier alpha value is -0.540. The molecule has 0 unspecified atom stereocenters. The van der Waals surface area contributed by atoms with Crippen LogP contribution in [0.2, 0.25) is 10.0 Å². The molecule has 0 aromatic heterocycles. The zero-order chi connectivity index (χ0) is 11.1. The fourth-order valence-electron chi connectivity index (χ4n) is 1.64. The van der Waals surface area contributed by atoms with E-state index in [1.54, 1.807) is 23.1 Å². The minimum absolute atomic E-state index is 0.104. The summed E-state index contributed by atoms with van der Waals surface area (Å²) in [6.07, 6.45) is -0.104. The topological polar surface area (TPSA) is 3.24 Å². The number of anilines is 1. The predicted octanol–water partition coefficient (Wildman–Crippen LogP) is 3.84. The Kier molecular flexibility index (Phi) is 2.77. The first kappa shape index (κ1) is 11.0. The van der Waals surface area contributed by atoms with Crippen molar-refractivity contribution < 1.29 is 8.78 Å². The largest absolute Gasteiger partial charge is 0.365 e. The molecule has 0 saturated carbocycles. The average Bonchev–Trinajstić information content (AvgIpc) is 2.51. The van der Waals surface area contributed by atoms with Gasteiger partial charge in [-0.2, -0.15) is 0 Å². The van der Waals surface area contributed by atoms with E-state index in [0.29, 0.717) is 22.3 Å². The predicted molar refractivity (Wildman–Crippen MR) is 58.2 cm³/mol. The van der Waals surface area contributed by atoms with Gasteiger partial charge in [-0.05, 0) is 18.2 Å². The summed E-state index contributed by atoms with van der Waals surface area (Å²) in [5, 5.41) is 0.829. The molecule has 0 N–H and O–H groups in total. The molecule has 2 rings (SSSR count). The van der Waals surface area contributed by atoms with Crippen LogP contribution in [0.3, 0.4) is 0 Å². The first-order chi connectivity index (χ1) is 6.98. The molecule has 0 atom stereocenters. The van der Waals surface area contributed by atoms with E-state index in [4.69, 9.17) is 23.2 Å². The molecule has 0 bridgehead atoms. The van der Waals surface area contributed by atoms with Crippen molar-refractivity contribution in [3.8, 4) is 0 Å². The van der Waals surface area contributed by atoms with E-state index in [-0.39, 0.29) is 13.0 Å². The van der Waals surface area contributed by atoms with Crippen LogP contribution < -0.4 is 4.90 Å². The van der Waals surface area contributed by atoms with Crippen LogP contribution in [0.4, 0.5) is 14.5 Å². The third kappa shape index (κ3) is 2.34. The maximum Gasteiger partial charge on any atom is 0.266 e. The average molecular weight is 252 g/mol. The van der Waals surface area contributed by atoms with E-state index < -0.39 is 5.92 Å². The highest BCUT2D eigenvalue weighted by Gasteiger charge is 2.38. The van der Waals surface area contributed by atoms with Crippen LogP contribution in [0.5, 0.6) is 0 Å². The van der Waals surface area contributed by atoms with E-state index in [0.717, 1.165) is 0 Å². The second-order valence-electron chi connectivity index (χ2n) is 3.63. The van der Waals surface area contributed by atoms with Crippen molar-refractivity contribution in [3.05, 3.63) is 28.2 Å². The zero-order valence-corrected chi connectivity index (χ0v) is 9.32. The fourth-order valence-corrected chi connectivity index (χ4v) is 1.93. The van der Waals surface area contributed by atoms with Crippen LogP contribution in [0.25, 0.3) is 0 Å². The van der Waals surface area contributed by atoms with Gasteiger partial charge in [0.05, 0.1) is 16.6 Å². The second kappa shape index (κ2) is 3.80. The number of alkyl halides is 2. The number of hydrogen-bond acceptors (Lipinski definition) is 1. The van der Waals surface area contributed by atoms with Crippen molar-refractivity contribution >= 4 is 28.9 Å². The molecule has 0 spiro atoms. The van der Waals surface area contributed by atoms with Crippen LogP contribution in [-0.2, 0) is 0 Å². The van der Waals surface area contributed by atoms with Gasteiger partial charge in [-0.1, -0.05) is 23.2 Å². The lowest BCUT2D eigenvalue weighted by molar-refractivity contribution is 0.0257. The Balaban J connectivity index is 2.21. The highest BCUT2D eigenvalue weighted by atomic mass is 35.5. The molecule has 0 aliphatic carbocycles. The van der Waals surface area contributed by atoms with Gasteiger partial charge in [-0.25, -0.2) is 8.78 Å². The Labute approximate surface area is 96.6 Å². The number of nitrogens with zero attached hydrogens (tertiary/aromatic N) is 1. The van der Waals surface area contributed by atoms with Gasteiger partial charge in [0.15, 0.2) is 0 Å². The van der Waals surface area contributed by atoms with Gasteiger partial charge in [-0.3, -0.25) is 0 Å². The molecule has 0 radical (unpaired) electrons. The molecule has 1 aromatic rings. The van der Waals surface area contributed by atoms with Crippen molar-refractivity contribution in [2.45, 2.75) is 12.3 Å². The number of benzene rings is 1. The van der Waals surface area contributed by atoms with Crippen molar-refractivity contribution in [3.63, 3.8) is 0 Å². The molecule has 1 aliphatic heterocycles. The number of halogens is 4. The van der Waals surface area contributed by atoms with Crippen LogP contribution in [-0.4, -0.2) is 19.0 Å². The van der Waals surface area contributed by atoms with Gasteiger partial charge in [0.25, 0.3) is 5.92 Å². The summed E-state index contributed by atoms with van der Waals surface area (Å²) >= 11 is 11.6. The van der Waals surface area contributed by atoms with E-state index >= 15 is 0 Å². The Morgan fingerprint density at radius 1 is 1.20 bits per heavy atom. The number of hydrogen-bond donors (Lipinski definition) is 0. The molecule has 1 heterocycles. The molecule has 1 nitrogen and oxygen atoms in total. The zero-order valence-electron chi connectivity index (χ0n) is 7.81. The summed E-state index contributed by atoms with van der Waals surface area (Å²) in [6.45, 7) is 0.107. The molecule has 1 fully saturated rings. The Bertz CT molecular complexity index is 382. The second-order valence-corrected chi connectivity index (χ2v) is 4.44. The third-order valence-corrected chi connectivity index (χ3v) is 3.18. The van der Waals surface area contributed by atoms with E-state index in [2.05, 4.69) is 0 Å². The summed E-state index contributed by atoms with van der Waals surface area (Å²) in [6, 6.07) is 4.94. The van der Waals surface area contributed by atoms with E-state index in [1.807, 2.05) is 0 Å². The molecule has 15 heavy (non-hydrogen) atoms. The van der Waals surface area contributed by atoms with Crippen LogP contribution in [0.15, 0.2) is 18.2 Å². The van der Waals surface area contributed by atoms with Crippen molar-refractivity contribution in [2.24, 2.45) is 0 Å². The third-order valence-electron chi connectivity index (χ3n) is 2.44. The maximum atomic E-state index is 13.0. The molecule has 1 aliphatic rings. The summed E-state index contributed by atoms with van der Waals surface area (Å²) in [5.41, 5.74) is 0.696. The van der Waals surface area contributed by atoms with Crippen molar-refractivity contribution in [2.75, 3.05) is 18.0 Å².